The highest BCUT2D eigenvalue weighted by Crippen LogP contribution is 2.33. The fraction of sp³-hybridized carbons (Fsp3) is 0.200. The van der Waals surface area contributed by atoms with Crippen LogP contribution < -0.4 is 10.5 Å². The average Bonchev–Trinajstić information content (AvgIpc) is 2.41. The summed E-state index contributed by atoms with van der Waals surface area (Å²) in [4.78, 5) is 0. The van der Waals surface area contributed by atoms with Gasteiger partial charge in [-0.25, -0.2) is 8.78 Å². The fourth-order valence-electron chi connectivity index (χ4n) is 1.99. The minimum Gasteiger partial charge on any atom is -0.496 e. The van der Waals surface area contributed by atoms with Gasteiger partial charge in [0.15, 0.2) is 0 Å². The lowest BCUT2D eigenvalue weighted by atomic mass is 10.00. The number of nitrogens with two attached hydrogens (primary N) is 1. The van der Waals surface area contributed by atoms with Crippen LogP contribution in [0.2, 0.25) is 0 Å². The zero-order valence-electron chi connectivity index (χ0n) is 10.6. The monoisotopic (exact) mass is 263 g/mol. The van der Waals surface area contributed by atoms with Crippen molar-refractivity contribution in [2.45, 2.75) is 6.42 Å². The van der Waals surface area contributed by atoms with Gasteiger partial charge in [0.05, 0.1) is 7.11 Å². The Morgan fingerprint density at radius 1 is 1.05 bits per heavy atom. The highest BCUT2D eigenvalue weighted by molar-refractivity contribution is 5.71. The van der Waals surface area contributed by atoms with E-state index in [4.69, 9.17) is 10.5 Å². The Morgan fingerprint density at radius 2 is 1.84 bits per heavy atom. The molecule has 0 amide bonds. The molecule has 2 aromatic carbocycles. The Kier molecular flexibility index (Phi) is 4.12. The summed E-state index contributed by atoms with van der Waals surface area (Å²) in [7, 11) is 1.47. The SMILES string of the molecule is COc1ccc(F)cc1-c1cc(CCN)ccc1F. The van der Waals surface area contributed by atoms with E-state index in [-0.39, 0.29) is 0 Å². The van der Waals surface area contributed by atoms with E-state index < -0.39 is 11.6 Å². The first-order chi connectivity index (χ1) is 9.15. The van der Waals surface area contributed by atoms with Crippen LogP contribution >= 0.6 is 0 Å². The second-order valence-corrected chi connectivity index (χ2v) is 4.20. The molecular weight excluding hydrogens is 248 g/mol. The number of hydrogen-bond acceptors (Lipinski definition) is 2. The first kappa shape index (κ1) is 13.5. The molecule has 19 heavy (non-hydrogen) atoms. The van der Waals surface area contributed by atoms with E-state index in [1.807, 2.05) is 0 Å². The number of halogens is 2. The van der Waals surface area contributed by atoms with Gasteiger partial charge >= 0.3 is 0 Å². The van der Waals surface area contributed by atoms with E-state index >= 15 is 0 Å². The van der Waals surface area contributed by atoms with E-state index in [0.717, 1.165) is 5.56 Å². The molecule has 2 N–H and O–H groups in total. The number of methoxy groups -OCH3 is 1. The maximum absolute atomic E-state index is 13.9. The molecule has 2 aromatic rings. The van der Waals surface area contributed by atoms with E-state index in [0.29, 0.717) is 29.8 Å². The molecule has 0 radical (unpaired) electrons. The van der Waals surface area contributed by atoms with E-state index in [1.165, 1.54) is 31.4 Å². The summed E-state index contributed by atoms with van der Waals surface area (Å²) in [5, 5.41) is 0. The maximum atomic E-state index is 13.9. The molecule has 0 atom stereocenters. The lowest BCUT2D eigenvalue weighted by Crippen LogP contribution is -2.03. The first-order valence-electron chi connectivity index (χ1n) is 5.98. The Labute approximate surface area is 110 Å². The molecule has 0 spiro atoms. The van der Waals surface area contributed by atoms with Crippen molar-refractivity contribution in [1.29, 1.82) is 0 Å². The first-order valence-corrected chi connectivity index (χ1v) is 5.98. The zero-order valence-corrected chi connectivity index (χ0v) is 10.6. The number of benzene rings is 2. The second kappa shape index (κ2) is 5.80. The van der Waals surface area contributed by atoms with Gasteiger partial charge in [0.1, 0.15) is 17.4 Å². The molecule has 0 saturated carbocycles. The van der Waals surface area contributed by atoms with Gasteiger partial charge in [-0.1, -0.05) is 6.07 Å². The minimum atomic E-state index is -0.431. The lowest BCUT2D eigenvalue weighted by Gasteiger charge is -2.11. The molecule has 0 aliphatic heterocycles. The van der Waals surface area contributed by atoms with Gasteiger partial charge in [-0.05, 0) is 48.9 Å². The number of rotatable bonds is 4. The highest BCUT2D eigenvalue weighted by atomic mass is 19.1. The quantitative estimate of drug-likeness (QED) is 0.919. The summed E-state index contributed by atoms with van der Waals surface area (Å²) in [6.45, 7) is 0.478. The van der Waals surface area contributed by atoms with Gasteiger partial charge in [0.25, 0.3) is 0 Å². The van der Waals surface area contributed by atoms with Crippen LogP contribution in [0.5, 0.6) is 5.75 Å². The van der Waals surface area contributed by atoms with Gasteiger partial charge < -0.3 is 10.5 Å². The molecule has 0 unspecified atom stereocenters. The Hall–Kier alpha value is -1.94. The fourth-order valence-corrected chi connectivity index (χ4v) is 1.99. The van der Waals surface area contributed by atoms with Crippen LogP contribution in [0.25, 0.3) is 11.1 Å². The smallest absolute Gasteiger partial charge is 0.131 e. The summed E-state index contributed by atoms with van der Waals surface area (Å²) >= 11 is 0. The van der Waals surface area contributed by atoms with Gasteiger partial charge in [0.2, 0.25) is 0 Å². The van der Waals surface area contributed by atoms with Gasteiger partial charge in [-0.15, -0.1) is 0 Å². The predicted molar refractivity (Wildman–Crippen MR) is 71.1 cm³/mol. The van der Waals surface area contributed by atoms with Gasteiger partial charge in [0, 0.05) is 11.1 Å². The van der Waals surface area contributed by atoms with Crippen LogP contribution in [0.15, 0.2) is 36.4 Å². The lowest BCUT2D eigenvalue weighted by molar-refractivity contribution is 0.415. The number of hydrogen-bond donors (Lipinski definition) is 1. The topological polar surface area (TPSA) is 35.2 Å². The molecule has 0 aliphatic carbocycles. The van der Waals surface area contributed by atoms with Crippen molar-refractivity contribution in [2.75, 3.05) is 13.7 Å². The van der Waals surface area contributed by atoms with Crippen molar-refractivity contribution < 1.29 is 13.5 Å². The standard InChI is InChI=1S/C15H15F2NO/c1-19-15-5-3-11(16)9-13(15)12-8-10(6-7-18)2-4-14(12)17/h2-5,8-9H,6-7,18H2,1H3. The molecule has 0 aromatic heterocycles. The largest absolute Gasteiger partial charge is 0.496 e. The van der Waals surface area contributed by atoms with Crippen molar-refractivity contribution in [3.63, 3.8) is 0 Å². The van der Waals surface area contributed by atoms with Crippen molar-refractivity contribution in [3.8, 4) is 16.9 Å². The van der Waals surface area contributed by atoms with Crippen LogP contribution in [-0.2, 0) is 6.42 Å². The average molecular weight is 263 g/mol. The molecule has 0 fully saturated rings. The van der Waals surface area contributed by atoms with Crippen LogP contribution in [0.4, 0.5) is 8.78 Å². The van der Waals surface area contributed by atoms with Crippen molar-refractivity contribution in [2.24, 2.45) is 5.73 Å². The number of ether oxygens (including phenoxy) is 1. The molecule has 0 bridgehead atoms. The minimum absolute atomic E-state index is 0.322. The zero-order chi connectivity index (χ0) is 13.8. The third kappa shape index (κ3) is 2.90. The molecular formula is C15H15F2NO. The van der Waals surface area contributed by atoms with Gasteiger partial charge in [-0.3, -0.25) is 0 Å². The summed E-state index contributed by atoms with van der Waals surface area (Å²) in [6.07, 6.45) is 0.644. The normalized spacial score (nSPS) is 10.5. The van der Waals surface area contributed by atoms with E-state index in [2.05, 4.69) is 0 Å². The summed E-state index contributed by atoms with van der Waals surface area (Å²) in [5.41, 5.74) is 7.12. The third-order valence-electron chi connectivity index (χ3n) is 2.92. The Bertz CT molecular complexity index is 584. The van der Waals surface area contributed by atoms with Crippen LogP contribution in [-0.4, -0.2) is 13.7 Å². The van der Waals surface area contributed by atoms with Gasteiger partial charge in [-0.2, -0.15) is 0 Å². The van der Waals surface area contributed by atoms with E-state index in [9.17, 15) is 8.78 Å². The molecule has 0 heterocycles. The van der Waals surface area contributed by atoms with Crippen molar-refractivity contribution in [3.05, 3.63) is 53.6 Å². The molecule has 4 heteroatoms. The van der Waals surface area contributed by atoms with Crippen molar-refractivity contribution >= 4 is 0 Å². The molecule has 0 saturated heterocycles. The van der Waals surface area contributed by atoms with E-state index in [1.54, 1.807) is 12.1 Å². The summed E-state index contributed by atoms with van der Waals surface area (Å²) < 4.78 is 32.4. The molecule has 100 valence electrons. The van der Waals surface area contributed by atoms with Crippen molar-refractivity contribution in [1.82, 2.24) is 0 Å². The molecule has 2 rings (SSSR count). The highest BCUT2D eigenvalue weighted by Gasteiger charge is 2.12. The second-order valence-electron chi connectivity index (χ2n) is 4.20. The summed E-state index contributed by atoms with van der Waals surface area (Å²) in [5.74, 6) is -0.408. The Morgan fingerprint density at radius 3 is 2.53 bits per heavy atom. The molecule has 0 aliphatic rings. The van der Waals surface area contributed by atoms with Crippen LogP contribution in [0.3, 0.4) is 0 Å². The predicted octanol–water partition coefficient (Wildman–Crippen LogP) is 3.14. The summed E-state index contributed by atoms with van der Waals surface area (Å²) in [6, 6.07) is 8.76. The third-order valence-corrected chi connectivity index (χ3v) is 2.92. The maximum Gasteiger partial charge on any atom is 0.131 e. The van der Waals surface area contributed by atoms with Crippen LogP contribution in [0, 0.1) is 11.6 Å². The Balaban J connectivity index is 2.56. The van der Waals surface area contributed by atoms with Crippen LogP contribution in [0.1, 0.15) is 5.56 Å². The molecule has 2 nitrogen and oxygen atoms in total.